The van der Waals surface area contributed by atoms with E-state index in [1.54, 1.807) is 18.3 Å². The summed E-state index contributed by atoms with van der Waals surface area (Å²) in [6.45, 7) is 0. The number of nitrogens with two attached hydrogens (primary N) is 1. The van der Waals surface area contributed by atoms with E-state index in [0.717, 1.165) is 16.7 Å². The zero-order valence-corrected chi connectivity index (χ0v) is 16.8. The summed E-state index contributed by atoms with van der Waals surface area (Å²) >= 11 is 0. The fourth-order valence-corrected chi connectivity index (χ4v) is 3.20. The number of rotatable bonds is 6. The van der Waals surface area contributed by atoms with Gasteiger partial charge in [0.25, 0.3) is 0 Å². The zero-order chi connectivity index (χ0) is 21.6. The summed E-state index contributed by atoms with van der Waals surface area (Å²) in [6.07, 6.45) is 2.27. The Morgan fingerprint density at radius 2 is 1.61 bits per heavy atom. The van der Waals surface area contributed by atoms with Crippen molar-refractivity contribution < 1.29 is 9.18 Å². The second kappa shape index (κ2) is 9.17. The SMILES string of the molecule is Nc1ccc(-c2cnc(NC(=O)Cc3ccc(F)cc3)c(Cc3ccccc3)n2)cc1. The van der Waals surface area contributed by atoms with Crippen LogP contribution in [0.2, 0.25) is 0 Å². The van der Waals surface area contributed by atoms with Gasteiger partial charge in [0, 0.05) is 17.7 Å². The van der Waals surface area contributed by atoms with Gasteiger partial charge in [-0.3, -0.25) is 4.79 Å². The fraction of sp³-hybridized carbons (Fsp3) is 0.0800. The van der Waals surface area contributed by atoms with Gasteiger partial charge in [0.15, 0.2) is 5.82 Å². The lowest BCUT2D eigenvalue weighted by atomic mass is 10.1. The number of nitrogen functional groups attached to an aromatic ring is 1. The molecule has 1 aromatic heterocycles. The predicted molar refractivity (Wildman–Crippen MR) is 120 cm³/mol. The summed E-state index contributed by atoms with van der Waals surface area (Å²) in [6, 6.07) is 23.1. The van der Waals surface area contributed by atoms with Crippen molar-refractivity contribution in [3.05, 3.63) is 108 Å². The van der Waals surface area contributed by atoms with E-state index < -0.39 is 0 Å². The molecule has 0 aliphatic carbocycles. The van der Waals surface area contributed by atoms with Crippen molar-refractivity contribution in [2.24, 2.45) is 0 Å². The van der Waals surface area contributed by atoms with Gasteiger partial charge in [-0.25, -0.2) is 14.4 Å². The van der Waals surface area contributed by atoms with Crippen LogP contribution in [-0.4, -0.2) is 15.9 Å². The standard InChI is InChI=1S/C25H21FN4O/c26-20-10-6-18(7-11-20)15-24(31)30-25-22(14-17-4-2-1-3-5-17)29-23(16-28-25)19-8-12-21(27)13-9-19/h1-13,16H,14-15,27H2,(H,28,30,31). The summed E-state index contributed by atoms with van der Waals surface area (Å²) < 4.78 is 13.1. The van der Waals surface area contributed by atoms with Crippen molar-refractivity contribution in [3.63, 3.8) is 0 Å². The van der Waals surface area contributed by atoms with Gasteiger partial charge in [-0.1, -0.05) is 54.6 Å². The predicted octanol–water partition coefficient (Wildman–Crippen LogP) is 4.64. The minimum atomic E-state index is -0.335. The third kappa shape index (κ3) is 5.30. The first-order valence-electron chi connectivity index (χ1n) is 9.87. The topological polar surface area (TPSA) is 80.9 Å². The van der Waals surface area contributed by atoms with Crippen LogP contribution in [0.5, 0.6) is 0 Å². The second-order valence-corrected chi connectivity index (χ2v) is 7.19. The first-order chi connectivity index (χ1) is 15.1. The molecule has 4 rings (SSSR count). The molecule has 1 amide bonds. The van der Waals surface area contributed by atoms with Crippen LogP contribution in [0.3, 0.4) is 0 Å². The molecule has 0 bridgehead atoms. The molecule has 0 saturated heterocycles. The Morgan fingerprint density at radius 3 is 2.32 bits per heavy atom. The highest BCUT2D eigenvalue weighted by Crippen LogP contribution is 2.23. The molecule has 0 atom stereocenters. The molecular formula is C25H21FN4O. The number of anilines is 2. The Bertz CT molecular complexity index is 1180. The lowest BCUT2D eigenvalue weighted by molar-refractivity contribution is -0.115. The van der Waals surface area contributed by atoms with Gasteiger partial charge >= 0.3 is 0 Å². The molecule has 0 aliphatic rings. The van der Waals surface area contributed by atoms with Crippen LogP contribution >= 0.6 is 0 Å². The maximum atomic E-state index is 13.1. The van der Waals surface area contributed by atoms with Crippen molar-refractivity contribution in [1.29, 1.82) is 0 Å². The summed E-state index contributed by atoms with van der Waals surface area (Å²) in [5.74, 6) is -0.163. The average molecular weight is 412 g/mol. The maximum absolute atomic E-state index is 13.1. The van der Waals surface area contributed by atoms with Crippen molar-refractivity contribution in [3.8, 4) is 11.3 Å². The number of amides is 1. The number of carbonyl (C=O) groups excluding carboxylic acids is 1. The lowest BCUT2D eigenvalue weighted by Gasteiger charge is -2.12. The van der Waals surface area contributed by atoms with Gasteiger partial charge in [0.1, 0.15) is 5.82 Å². The third-order valence-corrected chi connectivity index (χ3v) is 4.80. The molecule has 0 saturated carbocycles. The molecule has 0 spiro atoms. The second-order valence-electron chi connectivity index (χ2n) is 7.19. The highest BCUT2D eigenvalue weighted by Gasteiger charge is 2.13. The fourth-order valence-electron chi connectivity index (χ4n) is 3.20. The number of hydrogen-bond donors (Lipinski definition) is 2. The van der Waals surface area contributed by atoms with Gasteiger partial charge in [-0.05, 0) is 35.4 Å². The number of aromatic nitrogens is 2. The normalized spacial score (nSPS) is 10.6. The minimum Gasteiger partial charge on any atom is -0.399 e. The summed E-state index contributed by atoms with van der Waals surface area (Å²) in [4.78, 5) is 21.8. The molecule has 3 aromatic carbocycles. The van der Waals surface area contributed by atoms with Crippen LogP contribution in [0.1, 0.15) is 16.8 Å². The van der Waals surface area contributed by atoms with Crippen LogP contribution < -0.4 is 11.1 Å². The molecule has 0 fully saturated rings. The van der Waals surface area contributed by atoms with Gasteiger partial charge < -0.3 is 11.1 Å². The molecule has 0 unspecified atom stereocenters. The van der Waals surface area contributed by atoms with Crippen LogP contribution in [0.25, 0.3) is 11.3 Å². The van der Waals surface area contributed by atoms with E-state index in [0.29, 0.717) is 29.3 Å². The quantitative estimate of drug-likeness (QED) is 0.452. The Hall–Kier alpha value is -4.06. The van der Waals surface area contributed by atoms with Crippen LogP contribution in [0.15, 0.2) is 85.1 Å². The van der Waals surface area contributed by atoms with Crippen LogP contribution in [-0.2, 0) is 17.6 Å². The summed E-state index contributed by atoms with van der Waals surface area (Å²) in [5.41, 5.74) is 10.5. The van der Waals surface area contributed by atoms with E-state index in [-0.39, 0.29) is 18.1 Å². The molecular weight excluding hydrogens is 391 g/mol. The Labute approximate surface area is 179 Å². The minimum absolute atomic E-state index is 0.118. The molecule has 31 heavy (non-hydrogen) atoms. The first-order valence-corrected chi connectivity index (χ1v) is 9.87. The van der Waals surface area contributed by atoms with E-state index in [1.165, 1.54) is 12.1 Å². The first kappa shape index (κ1) is 20.2. The van der Waals surface area contributed by atoms with E-state index in [2.05, 4.69) is 10.3 Å². The number of carbonyl (C=O) groups is 1. The van der Waals surface area contributed by atoms with Gasteiger partial charge in [-0.2, -0.15) is 0 Å². The molecule has 4 aromatic rings. The van der Waals surface area contributed by atoms with Crippen LogP contribution in [0.4, 0.5) is 15.9 Å². The average Bonchev–Trinajstić information content (AvgIpc) is 2.78. The van der Waals surface area contributed by atoms with Crippen LogP contribution in [0, 0.1) is 5.82 Å². The van der Waals surface area contributed by atoms with E-state index in [4.69, 9.17) is 10.7 Å². The number of benzene rings is 3. The van der Waals surface area contributed by atoms with Crippen molar-refractivity contribution in [2.45, 2.75) is 12.8 Å². The molecule has 6 heteroatoms. The number of nitrogens with zero attached hydrogens (tertiary/aromatic N) is 2. The smallest absolute Gasteiger partial charge is 0.229 e. The van der Waals surface area contributed by atoms with Gasteiger partial charge in [0.05, 0.1) is 24.0 Å². The van der Waals surface area contributed by atoms with Crippen molar-refractivity contribution in [1.82, 2.24) is 9.97 Å². The van der Waals surface area contributed by atoms with Crippen molar-refractivity contribution in [2.75, 3.05) is 11.1 Å². The van der Waals surface area contributed by atoms with E-state index in [1.807, 2.05) is 54.6 Å². The zero-order valence-electron chi connectivity index (χ0n) is 16.8. The molecule has 0 aliphatic heterocycles. The summed E-state index contributed by atoms with van der Waals surface area (Å²) in [5, 5.41) is 2.86. The molecule has 154 valence electrons. The van der Waals surface area contributed by atoms with E-state index >= 15 is 0 Å². The molecule has 5 nitrogen and oxygen atoms in total. The lowest BCUT2D eigenvalue weighted by Crippen LogP contribution is -2.17. The molecule has 0 radical (unpaired) electrons. The highest BCUT2D eigenvalue weighted by molar-refractivity contribution is 5.92. The summed E-state index contributed by atoms with van der Waals surface area (Å²) in [7, 11) is 0. The van der Waals surface area contributed by atoms with Gasteiger partial charge in [-0.15, -0.1) is 0 Å². The number of nitrogens with one attached hydrogen (secondary N) is 1. The number of halogens is 1. The maximum Gasteiger partial charge on any atom is 0.229 e. The number of hydrogen-bond acceptors (Lipinski definition) is 4. The monoisotopic (exact) mass is 412 g/mol. The third-order valence-electron chi connectivity index (χ3n) is 4.80. The molecule has 1 heterocycles. The Kier molecular flexibility index (Phi) is 5.98. The van der Waals surface area contributed by atoms with Crippen molar-refractivity contribution >= 4 is 17.4 Å². The largest absolute Gasteiger partial charge is 0.399 e. The molecule has 3 N–H and O–H groups in total. The van der Waals surface area contributed by atoms with Gasteiger partial charge in [0.2, 0.25) is 5.91 Å². The highest BCUT2D eigenvalue weighted by atomic mass is 19.1. The Balaban J connectivity index is 1.61. The Morgan fingerprint density at radius 1 is 0.903 bits per heavy atom. The van der Waals surface area contributed by atoms with E-state index in [9.17, 15) is 9.18 Å².